The topological polar surface area (TPSA) is 18.5 Å². The van der Waals surface area contributed by atoms with Gasteiger partial charge in [-0.15, -0.1) is 0 Å². The van der Waals surface area contributed by atoms with E-state index in [2.05, 4.69) is 20.8 Å². The van der Waals surface area contributed by atoms with Crippen LogP contribution >= 0.6 is 0 Å². The van der Waals surface area contributed by atoms with Gasteiger partial charge in [0, 0.05) is 7.11 Å². The van der Waals surface area contributed by atoms with E-state index in [0.29, 0.717) is 49.9 Å². The standard InChI is InChI=1S/C20H29F3.C7H16O2/c1-18(16-6-13-4-14(8-16)9-17(18)7-13)11-19(20(21,22)23)10-12-2-3-15(19)5-12;1-4-7(2)9-6-5-8-3/h12-17H,2-11H2,1H3;7H,4-6H2,1-3H3. The third-order valence-corrected chi connectivity index (χ3v) is 10.5. The fourth-order valence-electron chi connectivity index (χ4n) is 8.79. The van der Waals surface area contributed by atoms with Crippen LogP contribution in [0, 0.1) is 46.3 Å². The number of rotatable bonds is 7. The minimum Gasteiger partial charge on any atom is -0.382 e. The van der Waals surface area contributed by atoms with Crippen LogP contribution in [0.5, 0.6) is 0 Å². The summed E-state index contributed by atoms with van der Waals surface area (Å²) in [7, 11) is 1.68. The van der Waals surface area contributed by atoms with Crippen molar-refractivity contribution in [2.24, 2.45) is 46.3 Å². The van der Waals surface area contributed by atoms with Crippen LogP contribution in [0.25, 0.3) is 0 Å². The Balaban J connectivity index is 0.000000234. The number of fused-ring (bicyclic) bond motifs is 2. The number of ether oxygens (including phenoxy) is 2. The Kier molecular flexibility index (Phi) is 7.29. The maximum absolute atomic E-state index is 14.3. The normalized spacial score (nSPS) is 45.1. The summed E-state index contributed by atoms with van der Waals surface area (Å²) in [4.78, 5) is 0. The Morgan fingerprint density at radius 2 is 1.47 bits per heavy atom. The molecule has 6 bridgehead atoms. The zero-order valence-electron chi connectivity index (χ0n) is 20.7. The molecule has 0 aromatic rings. The first-order valence-corrected chi connectivity index (χ1v) is 13.3. The van der Waals surface area contributed by atoms with Crippen LogP contribution in [-0.2, 0) is 9.47 Å². The molecule has 4 unspecified atom stereocenters. The van der Waals surface area contributed by atoms with Gasteiger partial charge in [0.2, 0.25) is 0 Å². The fourth-order valence-corrected chi connectivity index (χ4v) is 8.79. The summed E-state index contributed by atoms with van der Waals surface area (Å²) in [5.74, 6) is 3.14. The second-order valence-electron chi connectivity index (χ2n) is 12.3. The van der Waals surface area contributed by atoms with Gasteiger partial charge >= 0.3 is 6.18 Å². The van der Waals surface area contributed by atoms with Gasteiger partial charge in [0.25, 0.3) is 0 Å². The van der Waals surface area contributed by atoms with Gasteiger partial charge in [-0.25, -0.2) is 0 Å². The van der Waals surface area contributed by atoms with E-state index in [4.69, 9.17) is 9.47 Å². The van der Waals surface area contributed by atoms with Crippen molar-refractivity contribution >= 4 is 0 Å². The molecule has 5 heteroatoms. The Morgan fingerprint density at radius 3 is 1.91 bits per heavy atom. The quantitative estimate of drug-likeness (QED) is 0.365. The average Bonchev–Trinajstić information content (AvgIpc) is 3.34. The molecule has 6 fully saturated rings. The van der Waals surface area contributed by atoms with Crippen LogP contribution in [0.4, 0.5) is 13.2 Å². The van der Waals surface area contributed by atoms with Crippen molar-refractivity contribution in [2.45, 2.75) is 104 Å². The first-order valence-electron chi connectivity index (χ1n) is 13.3. The first kappa shape index (κ1) is 24.8. The van der Waals surface area contributed by atoms with E-state index in [1.54, 1.807) is 7.11 Å². The highest BCUT2D eigenvalue weighted by atomic mass is 19.4. The molecular weight excluding hydrogens is 413 g/mol. The van der Waals surface area contributed by atoms with Gasteiger partial charge < -0.3 is 9.47 Å². The minimum absolute atomic E-state index is 0.0343. The third kappa shape index (κ3) is 4.51. The Hall–Kier alpha value is -0.290. The second-order valence-corrected chi connectivity index (χ2v) is 12.3. The van der Waals surface area contributed by atoms with Crippen LogP contribution in [0.15, 0.2) is 0 Å². The van der Waals surface area contributed by atoms with Crippen molar-refractivity contribution in [3.8, 4) is 0 Å². The van der Waals surface area contributed by atoms with E-state index in [1.807, 2.05) is 0 Å². The summed E-state index contributed by atoms with van der Waals surface area (Å²) in [6.07, 6.45) is 7.39. The molecule has 2 nitrogen and oxygen atoms in total. The predicted octanol–water partition coefficient (Wildman–Crippen LogP) is 7.66. The summed E-state index contributed by atoms with van der Waals surface area (Å²) >= 11 is 0. The molecule has 0 aromatic carbocycles. The highest BCUT2D eigenvalue weighted by molar-refractivity contribution is 5.11. The molecule has 0 radical (unpaired) electrons. The van der Waals surface area contributed by atoms with Crippen LogP contribution in [0.2, 0.25) is 0 Å². The van der Waals surface area contributed by atoms with Crippen LogP contribution in [0.1, 0.15) is 91.4 Å². The van der Waals surface area contributed by atoms with Gasteiger partial charge in [0.05, 0.1) is 24.7 Å². The summed E-state index contributed by atoms with van der Waals surface area (Å²) in [5.41, 5.74) is -1.37. The smallest absolute Gasteiger partial charge is 0.382 e. The van der Waals surface area contributed by atoms with E-state index in [1.165, 1.54) is 32.1 Å². The SMILES string of the molecule is CC1(CC2(C(F)(F)F)CC3CCC2C3)C2CC3CC(C2)CC1C3.CCC(C)OCCOC. The zero-order chi connectivity index (χ0) is 23.1. The van der Waals surface area contributed by atoms with E-state index in [9.17, 15) is 13.2 Å². The maximum Gasteiger partial charge on any atom is 0.394 e. The number of methoxy groups -OCH3 is 1. The summed E-state index contributed by atoms with van der Waals surface area (Å²) < 4.78 is 52.9. The van der Waals surface area contributed by atoms with Crippen molar-refractivity contribution in [3.05, 3.63) is 0 Å². The van der Waals surface area contributed by atoms with Crippen LogP contribution in [-0.4, -0.2) is 32.6 Å². The lowest BCUT2D eigenvalue weighted by molar-refractivity contribution is -0.265. The van der Waals surface area contributed by atoms with Gasteiger partial charge in [-0.3, -0.25) is 0 Å². The summed E-state index contributed by atoms with van der Waals surface area (Å²) in [5, 5.41) is 0. The third-order valence-electron chi connectivity index (χ3n) is 10.5. The van der Waals surface area contributed by atoms with Gasteiger partial charge in [-0.1, -0.05) is 20.3 Å². The zero-order valence-corrected chi connectivity index (χ0v) is 20.7. The molecule has 0 saturated heterocycles. The molecule has 0 heterocycles. The maximum atomic E-state index is 14.3. The Bertz CT molecular complexity index is 605. The molecule has 186 valence electrons. The number of hydrogen-bond acceptors (Lipinski definition) is 2. The highest BCUT2D eigenvalue weighted by Crippen LogP contribution is 2.71. The van der Waals surface area contributed by atoms with Crippen LogP contribution < -0.4 is 0 Å². The van der Waals surface area contributed by atoms with Crippen LogP contribution in [0.3, 0.4) is 0 Å². The molecule has 0 aliphatic heterocycles. The van der Waals surface area contributed by atoms with Gasteiger partial charge in [-0.2, -0.15) is 13.2 Å². The predicted molar refractivity (Wildman–Crippen MR) is 121 cm³/mol. The molecule has 32 heavy (non-hydrogen) atoms. The van der Waals surface area contributed by atoms with E-state index < -0.39 is 11.6 Å². The monoisotopic (exact) mass is 458 g/mol. The Morgan fingerprint density at radius 1 is 0.875 bits per heavy atom. The lowest BCUT2D eigenvalue weighted by atomic mass is 9.43. The summed E-state index contributed by atoms with van der Waals surface area (Å²) in [6, 6.07) is 0. The van der Waals surface area contributed by atoms with Crippen molar-refractivity contribution in [1.29, 1.82) is 0 Å². The number of halogens is 3. The van der Waals surface area contributed by atoms with Gasteiger partial charge in [0.15, 0.2) is 0 Å². The van der Waals surface area contributed by atoms with Crippen molar-refractivity contribution in [2.75, 3.05) is 20.3 Å². The minimum atomic E-state index is -4.00. The van der Waals surface area contributed by atoms with E-state index in [-0.39, 0.29) is 11.3 Å². The number of hydrogen-bond donors (Lipinski definition) is 0. The fraction of sp³-hybridized carbons (Fsp3) is 1.00. The molecule has 6 saturated carbocycles. The largest absolute Gasteiger partial charge is 0.394 e. The van der Waals surface area contributed by atoms with Crippen molar-refractivity contribution in [1.82, 2.24) is 0 Å². The Labute approximate surface area is 193 Å². The molecular formula is C27H45F3O2. The first-order chi connectivity index (χ1) is 15.1. The molecule has 6 rings (SSSR count). The molecule has 0 N–H and O–H groups in total. The lowest BCUT2D eigenvalue weighted by Gasteiger charge is -2.62. The van der Waals surface area contributed by atoms with Crippen molar-refractivity contribution in [3.63, 3.8) is 0 Å². The highest BCUT2D eigenvalue weighted by Gasteiger charge is 2.68. The second kappa shape index (κ2) is 9.40. The average molecular weight is 459 g/mol. The molecule has 0 aromatic heterocycles. The lowest BCUT2D eigenvalue weighted by Crippen LogP contribution is -2.56. The molecule has 0 spiro atoms. The van der Waals surface area contributed by atoms with E-state index >= 15 is 0 Å². The molecule has 4 atom stereocenters. The van der Waals surface area contributed by atoms with E-state index in [0.717, 1.165) is 37.5 Å². The van der Waals surface area contributed by atoms with Gasteiger partial charge in [0.1, 0.15) is 0 Å². The number of alkyl halides is 3. The molecule has 6 aliphatic rings. The van der Waals surface area contributed by atoms with Gasteiger partial charge in [-0.05, 0) is 112 Å². The molecule has 0 amide bonds. The van der Waals surface area contributed by atoms with Crippen molar-refractivity contribution < 1.29 is 22.6 Å². The summed E-state index contributed by atoms with van der Waals surface area (Å²) in [6.45, 7) is 7.85. The molecule has 6 aliphatic carbocycles.